The molecule has 0 bridgehead atoms. The minimum Gasteiger partial charge on any atom is -0.508 e. The Morgan fingerprint density at radius 1 is 0.150 bits per heavy atom. The Balaban J connectivity index is 0.000000235. The van der Waals surface area contributed by atoms with Gasteiger partial charge in [0.2, 0.25) is 0 Å². The predicted molar refractivity (Wildman–Crippen MR) is 437 cm³/mol. The van der Waals surface area contributed by atoms with E-state index in [1.54, 1.807) is 0 Å². The first-order chi connectivity index (χ1) is 56.9. The van der Waals surface area contributed by atoms with Gasteiger partial charge in [-0.1, -0.05) is 0 Å². The summed E-state index contributed by atoms with van der Waals surface area (Å²) in [5, 5.41) is 292. The maximum absolute atomic E-state index is 11.4. The van der Waals surface area contributed by atoms with E-state index in [0.29, 0.717) is 66.8 Å². The fourth-order valence-corrected chi connectivity index (χ4v) is 15.7. The van der Waals surface area contributed by atoms with Gasteiger partial charge in [0.05, 0.1) is 0 Å². The number of hydrogen-bond acceptors (Lipinski definition) is 28. The first-order valence-corrected chi connectivity index (χ1v) is 38.1. The summed E-state index contributed by atoms with van der Waals surface area (Å²) < 4.78 is 0. The van der Waals surface area contributed by atoms with Gasteiger partial charge in [-0.15, -0.1) is 0 Å². The van der Waals surface area contributed by atoms with Gasteiger partial charge in [0.15, 0.2) is 69.0 Å². The van der Waals surface area contributed by atoms with E-state index in [-0.39, 0.29) is 217 Å². The van der Waals surface area contributed by atoms with E-state index in [1.165, 1.54) is 170 Å². The number of phenolic OH excluding ortho intramolecular Hbond substituents is 28. The number of rotatable bonds is 30. The third-order valence-corrected chi connectivity index (χ3v) is 21.5. The molecule has 0 heterocycles. The van der Waals surface area contributed by atoms with E-state index < -0.39 is 92.7 Å². The van der Waals surface area contributed by atoms with E-state index in [2.05, 4.69) is 0 Å². The second kappa shape index (κ2) is 36.9. The molecule has 12 aromatic carbocycles. The lowest BCUT2D eigenvalue weighted by atomic mass is 9.75. The van der Waals surface area contributed by atoms with Gasteiger partial charge in [-0.2, -0.15) is 0 Å². The predicted octanol–water partition coefficient (Wildman–Crippen LogP) is 13.9. The molecular weight excluding hydrogens is 1550 g/mol. The van der Waals surface area contributed by atoms with Crippen molar-refractivity contribution in [1.29, 1.82) is 0 Å². The lowest BCUT2D eigenvalue weighted by molar-refractivity contribution is 0.358. The van der Waals surface area contributed by atoms with Crippen LogP contribution in [0.2, 0.25) is 0 Å². The van der Waals surface area contributed by atoms with Crippen LogP contribution in [-0.2, 0) is 89.9 Å². The Morgan fingerprint density at radius 3 is 0.517 bits per heavy atom. The van der Waals surface area contributed by atoms with Gasteiger partial charge in [-0.3, -0.25) is 0 Å². The van der Waals surface area contributed by atoms with Crippen LogP contribution in [0.25, 0.3) is 0 Å². The van der Waals surface area contributed by atoms with Crippen LogP contribution in [0.15, 0.2) is 170 Å². The van der Waals surface area contributed by atoms with Crippen molar-refractivity contribution in [1.82, 2.24) is 0 Å². The molecule has 0 aromatic heterocycles. The maximum atomic E-state index is 11.4. The molecule has 0 unspecified atom stereocenters. The second-order valence-corrected chi connectivity index (χ2v) is 30.3. The summed E-state index contributed by atoms with van der Waals surface area (Å²) >= 11 is 0. The highest BCUT2D eigenvalue weighted by atomic mass is 16.4. The topological polar surface area (TPSA) is 566 Å². The van der Waals surface area contributed by atoms with Gasteiger partial charge in [0.25, 0.3) is 0 Å². The van der Waals surface area contributed by atoms with Crippen LogP contribution in [0.5, 0.6) is 161 Å². The van der Waals surface area contributed by atoms with E-state index >= 15 is 0 Å². The highest BCUT2D eigenvalue weighted by Crippen LogP contribution is 2.49. The quantitative estimate of drug-likeness (QED) is 0.0186. The number of aryl methyl sites for hydroxylation is 6. The van der Waals surface area contributed by atoms with Crippen molar-refractivity contribution in [2.24, 2.45) is 11.8 Å². The second-order valence-electron chi connectivity index (χ2n) is 30.3. The van der Waals surface area contributed by atoms with E-state index in [1.807, 2.05) is 0 Å². The number of benzene rings is 12. The average molecular weight is 1650 g/mol. The molecule has 0 aliphatic carbocycles. The van der Waals surface area contributed by atoms with E-state index in [4.69, 9.17) is 0 Å². The standard InChI is InChI=1S/2C46H46O14/c2*47-30-8-23(9-31(48)21-30)2-5-34-37(51)13-25(14-38(34)52)1-4-28(7-26-15-41(55)45(59)42(56)16-26)36(12-27-17-43(57)46(60)44(58)18-27)29-19-39(53)35(40(54)20-29)6-3-24-10-32(49)22-33(50)11-24/h2*8-11,13-22,28,36,47-60H,1-7,12H2/t2*28-,36-/m10/s1. The third kappa shape index (κ3) is 21.6. The zero-order valence-electron chi connectivity index (χ0n) is 64.3. The number of phenols is 28. The molecule has 28 nitrogen and oxygen atoms in total. The SMILES string of the molecule is Oc1cc(O)cc(CCc2c(O)cc(CC[C@@H](Cc3cc(O)c(O)c(O)c3)[C@H](Cc3cc(O)c(O)c(O)c3)c3cc(O)c(CCc4cc(O)cc(O)c4)c(O)c3)cc2O)c1.Oc1cc(O)cc(CCc2c(O)cc(CC[C@H](Cc3cc(O)c(O)c(O)c3)[C@@H](Cc3cc(O)c(O)c(O)c3)c3cc(O)c(CCc4cc(O)cc(O)c4)c(O)c3)cc2O)c1. The van der Waals surface area contributed by atoms with E-state index in [0.717, 1.165) is 0 Å². The molecule has 0 radical (unpaired) electrons. The van der Waals surface area contributed by atoms with Crippen molar-refractivity contribution >= 4 is 0 Å². The summed E-state index contributed by atoms with van der Waals surface area (Å²) in [6, 6.07) is 38.2. The molecular formula is C92H92O28. The van der Waals surface area contributed by atoms with Crippen LogP contribution >= 0.6 is 0 Å². The summed E-state index contributed by atoms with van der Waals surface area (Å²) in [6.45, 7) is 0. The Labute approximate surface area is 686 Å². The van der Waals surface area contributed by atoms with Crippen LogP contribution in [-0.4, -0.2) is 143 Å². The van der Waals surface area contributed by atoms with Crippen LogP contribution in [0.3, 0.4) is 0 Å². The Hall–Kier alpha value is -15.0. The lowest BCUT2D eigenvalue weighted by Gasteiger charge is -2.29. The molecule has 12 aromatic rings. The first-order valence-electron chi connectivity index (χ1n) is 38.1. The average Bonchev–Trinajstić information content (AvgIpc) is 0.792. The van der Waals surface area contributed by atoms with Crippen molar-refractivity contribution in [3.63, 3.8) is 0 Å². The highest BCUT2D eigenvalue weighted by Gasteiger charge is 2.32. The van der Waals surface area contributed by atoms with Gasteiger partial charge < -0.3 is 143 Å². The summed E-state index contributed by atoms with van der Waals surface area (Å²) in [5.41, 5.74) is 6.36. The number of hydrogen-bond donors (Lipinski definition) is 28. The molecule has 0 aliphatic rings. The molecule has 0 saturated carbocycles. The van der Waals surface area contributed by atoms with E-state index in [9.17, 15) is 143 Å². The van der Waals surface area contributed by atoms with Crippen LogP contribution in [0.1, 0.15) is 114 Å². The largest absolute Gasteiger partial charge is 0.508 e. The Bertz CT molecular complexity index is 5150. The monoisotopic (exact) mass is 1640 g/mol. The summed E-state index contributed by atoms with van der Waals surface area (Å²) in [5.74, 6) is -13.2. The molecule has 4 atom stereocenters. The van der Waals surface area contributed by atoms with Gasteiger partial charge in [-0.05, 0) is 339 Å². The molecule has 0 aliphatic heterocycles. The van der Waals surface area contributed by atoms with Gasteiger partial charge in [0, 0.05) is 46.5 Å². The molecule has 0 fully saturated rings. The molecule has 628 valence electrons. The minimum atomic E-state index is -0.732. The zero-order chi connectivity index (χ0) is 86.8. The van der Waals surface area contributed by atoms with Crippen molar-refractivity contribution in [3.05, 3.63) is 259 Å². The zero-order valence-corrected chi connectivity index (χ0v) is 64.3. The minimum absolute atomic E-state index is 0.0307. The highest BCUT2D eigenvalue weighted by molar-refractivity contribution is 5.58. The molecule has 120 heavy (non-hydrogen) atoms. The van der Waals surface area contributed by atoms with Crippen molar-refractivity contribution in [2.45, 2.75) is 115 Å². The van der Waals surface area contributed by atoms with Crippen molar-refractivity contribution in [2.75, 3.05) is 0 Å². The molecule has 0 spiro atoms. The van der Waals surface area contributed by atoms with Crippen LogP contribution in [0.4, 0.5) is 0 Å². The normalized spacial score (nSPS) is 12.3. The fraction of sp³-hybridized carbons (Fsp3) is 0.217. The van der Waals surface area contributed by atoms with Gasteiger partial charge in [0.1, 0.15) is 92.0 Å². The summed E-state index contributed by atoms with van der Waals surface area (Å²) in [4.78, 5) is 0. The smallest absolute Gasteiger partial charge is 0.200 e. The summed E-state index contributed by atoms with van der Waals surface area (Å²) in [7, 11) is 0. The summed E-state index contributed by atoms with van der Waals surface area (Å²) in [6.07, 6.45) is 2.79. The number of aromatic hydroxyl groups is 28. The lowest BCUT2D eigenvalue weighted by Crippen LogP contribution is -2.20. The Kier molecular flexibility index (Phi) is 26.4. The van der Waals surface area contributed by atoms with Gasteiger partial charge in [-0.25, -0.2) is 0 Å². The molecule has 0 amide bonds. The molecule has 0 saturated heterocycles. The van der Waals surface area contributed by atoms with Crippen molar-refractivity contribution in [3.8, 4) is 161 Å². The molecule has 12 rings (SSSR count). The maximum Gasteiger partial charge on any atom is 0.200 e. The fourth-order valence-electron chi connectivity index (χ4n) is 15.7. The first kappa shape index (κ1) is 85.9. The third-order valence-electron chi connectivity index (χ3n) is 21.5. The van der Waals surface area contributed by atoms with Crippen LogP contribution in [0, 0.1) is 11.8 Å². The molecule has 28 heteroatoms. The Morgan fingerprint density at radius 2 is 0.317 bits per heavy atom. The van der Waals surface area contributed by atoms with Gasteiger partial charge >= 0.3 is 0 Å². The molecule has 28 N–H and O–H groups in total. The van der Waals surface area contributed by atoms with Crippen LogP contribution < -0.4 is 0 Å². The van der Waals surface area contributed by atoms with Crippen molar-refractivity contribution < 1.29 is 143 Å².